The van der Waals surface area contributed by atoms with Crippen LogP contribution in [0.4, 0.5) is 0 Å². The highest BCUT2D eigenvalue weighted by molar-refractivity contribution is 7.47. The van der Waals surface area contributed by atoms with Gasteiger partial charge in [-0.2, -0.15) is 0 Å². The molecule has 3 N–H and O–H groups in total. The Morgan fingerprint density at radius 3 is 0.854 bits per heavy atom. The van der Waals surface area contributed by atoms with Gasteiger partial charge in [-0.05, 0) is 43.4 Å². The van der Waals surface area contributed by atoms with Crippen LogP contribution >= 0.6 is 15.6 Å². The standard InChI is InChI=1S/C70H136O17P2/c1-8-10-11-12-13-30-37-44-51-67(72)80-57-66(87-70(75)54-47-40-33-26-28-35-42-49-62(5)6)60-85-89(78,79)83-56-64(71)55-82-88(76,77)84-59-65(58-81-68(73)52-45-38-31-24-21-20-22-27-34-41-48-61(3)4)86-69(74)53-46-39-32-25-19-17-15-14-16-18-23-29-36-43-50-63(7)9-2/h61-66,71H,8-60H2,1-7H3,(H,76,77)(H,78,79)/t63?,64-,65-,66-/m1/s1. The summed E-state index contributed by atoms with van der Waals surface area (Å²) in [6.45, 7) is 11.8. The molecule has 19 heteroatoms. The Balaban J connectivity index is 5.21. The summed E-state index contributed by atoms with van der Waals surface area (Å²) < 4.78 is 68.2. The summed E-state index contributed by atoms with van der Waals surface area (Å²) in [4.78, 5) is 72.4. The Morgan fingerprint density at radius 1 is 0.326 bits per heavy atom. The van der Waals surface area contributed by atoms with Crippen LogP contribution in [0.1, 0.15) is 350 Å². The number of aliphatic hydroxyl groups excluding tert-OH is 1. The third-order valence-corrected chi connectivity index (χ3v) is 18.4. The number of carbonyl (C=O) groups excluding carboxylic acids is 4. The first kappa shape index (κ1) is 87.1. The summed E-state index contributed by atoms with van der Waals surface area (Å²) in [6, 6.07) is 0. The highest BCUT2D eigenvalue weighted by atomic mass is 31.2. The molecule has 0 aromatic heterocycles. The van der Waals surface area contributed by atoms with Gasteiger partial charge in [0, 0.05) is 25.7 Å². The SMILES string of the molecule is CCCCCCCCCCC(=O)OC[C@H](COP(=O)(O)OC[C@H](O)COP(=O)(O)OC[C@@H](COC(=O)CCCCCCCCCCCCC(C)C)OC(=O)CCCCCCCCCCCCCCCCC(C)CC)OC(=O)CCCCCCCCCC(C)C. The lowest BCUT2D eigenvalue weighted by Gasteiger charge is -2.21. The number of carbonyl (C=O) groups is 4. The molecular weight excluding hydrogens is 1170 g/mol. The molecule has 0 rings (SSSR count). The molecule has 0 aromatic rings. The summed E-state index contributed by atoms with van der Waals surface area (Å²) >= 11 is 0. The second kappa shape index (κ2) is 61.0. The van der Waals surface area contributed by atoms with Gasteiger partial charge in [-0.25, -0.2) is 9.13 Å². The normalized spacial score (nSPS) is 14.5. The van der Waals surface area contributed by atoms with Gasteiger partial charge in [0.2, 0.25) is 0 Å². The molecular formula is C70H136O17P2. The van der Waals surface area contributed by atoms with Gasteiger partial charge >= 0.3 is 39.5 Å². The molecule has 0 aliphatic rings. The summed E-state index contributed by atoms with van der Waals surface area (Å²) in [5.74, 6) is 0.170. The monoisotopic (exact) mass is 1310 g/mol. The third kappa shape index (κ3) is 63.2. The fourth-order valence-corrected chi connectivity index (χ4v) is 12.1. The van der Waals surface area contributed by atoms with Gasteiger partial charge in [0.15, 0.2) is 12.2 Å². The number of esters is 4. The Kier molecular flexibility index (Phi) is 59.6. The van der Waals surface area contributed by atoms with E-state index in [-0.39, 0.29) is 25.7 Å². The van der Waals surface area contributed by atoms with Crippen molar-refractivity contribution in [3.63, 3.8) is 0 Å². The van der Waals surface area contributed by atoms with E-state index in [1.54, 1.807) is 0 Å². The van der Waals surface area contributed by atoms with Crippen LogP contribution in [-0.4, -0.2) is 96.7 Å². The molecule has 0 aromatic carbocycles. The molecule has 528 valence electrons. The first-order valence-electron chi connectivity index (χ1n) is 36.4. The van der Waals surface area contributed by atoms with E-state index < -0.39 is 97.5 Å². The lowest BCUT2D eigenvalue weighted by molar-refractivity contribution is -0.161. The van der Waals surface area contributed by atoms with Crippen LogP contribution in [0.15, 0.2) is 0 Å². The van der Waals surface area contributed by atoms with Crippen molar-refractivity contribution in [3.05, 3.63) is 0 Å². The summed E-state index contributed by atoms with van der Waals surface area (Å²) in [5, 5.41) is 10.6. The minimum atomic E-state index is -4.95. The van der Waals surface area contributed by atoms with Crippen molar-refractivity contribution in [1.82, 2.24) is 0 Å². The lowest BCUT2D eigenvalue weighted by atomic mass is 9.99. The molecule has 0 radical (unpaired) electrons. The predicted octanol–water partition coefficient (Wildman–Crippen LogP) is 19.8. The minimum absolute atomic E-state index is 0.103. The quantitative estimate of drug-likeness (QED) is 0.0222. The molecule has 0 aliphatic carbocycles. The zero-order chi connectivity index (χ0) is 65.9. The van der Waals surface area contributed by atoms with Crippen molar-refractivity contribution in [2.45, 2.75) is 369 Å². The number of unbranched alkanes of at least 4 members (excludes halogenated alkanes) is 35. The van der Waals surface area contributed by atoms with Crippen LogP contribution in [0.5, 0.6) is 0 Å². The third-order valence-electron chi connectivity index (χ3n) is 16.5. The number of aliphatic hydroxyl groups is 1. The molecule has 0 saturated heterocycles. The summed E-state index contributed by atoms with van der Waals surface area (Å²) in [7, 11) is -9.90. The molecule has 0 amide bonds. The van der Waals surface area contributed by atoms with E-state index in [9.17, 15) is 43.2 Å². The number of hydrogen-bond donors (Lipinski definition) is 3. The van der Waals surface area contributed by atoms with Crippen LogP contribution in [0.3, 0.4) is 0 Å². The van der Waals surface area contributed by atoms with Crippen LogP contribution < -0.4 is 0 Å². The van der Waals surface area contributed by atoms with E-state index >= 15 is 0 Å². The molecule has 0 spiro atoms. The maximum atomic E-state index is 13.0. The van der Waals surface area contributed by atoms with Crippen LogP contribution in [-0.2, 0) is 65.4 Å². The van der Waals surface area contributed by atoms with E-state index in [4.69, 9.17) is 37.0 Å². The largest absolute Gasteiger partial charge is 0.472 e. The first-order valence-corrected chi connectivity index (χ1v) is 39.4. The molecule has 0 saturated carbocycles. The van der Waals surface area contributed by atoms with Crippen molar-refractivity contribution in [1.29, 1.82) is 0 Å². The van der Waals surface area contributed by atoms with Gasteiger partial charge in [0.1, 0.15) is 19.3 Å². The molecule has 0 aliphatic heterocycles. The van der Waals surface area contributed by atoms with Crippen molar-refractivity contribution in [3.8, 4) is 0 Å². The van der Waals surface area contributed by atoms with E-state index in [0.717, 1.165) is 108 Å². The fourth-order valence-electron chi connectivity index (χ4n) is 10.5. The number of phosphoric acid groups is 2. The summed E-state index contributed by atoms with van der Waals surface area (Å²) in [5.41, 5.74) is 0. The van der Waals surface area contributed by atoms with Crippen molar-refractivity contribution >= 4 is 39.5 Å². The maximum absolute atomic E-state index is 13.0. The Bertz CT molecular complexity index is 1750. The average molecular weight is 1310 g/mol. The minimum Gasteiger partial charge on any atom is -0.462 e. The van der Waals surface area contributed by atoms with E-state index in [0.29, 0.717) is 31.6 Å². The maximum Gasteiger partial charge on any atom is 0.472 e. The molecule has 3 unspecified atom stereocenters. The lowest BCUT2D eigenvalue weighted by Crippen LogP contribution is -2.30. The topological polar surface area (TPSA) is 237 Å². The van der Waals surface area contributed by atoms with E-state index in [1.165, 1.54) is 154 Å². The van der Waals surface area contributed by atoms with Gasteiger partial charge in [-0.1, -0.05) is 299 Å². The Hall–Kier alpha value is -1.94. The summed E-state index contributed by atoms with van der Waals surface area (Å²) in [6.07, 6.45) is 44.5. The molecule has 0 heterocycles. The molecule has 17 nitrogen and oxygen atoms in total. The highest BCUT2D eigenvalue weighted by Gasteiger charge is 2.30. The van der Waals surface area contributed by atoms with Gasteiger partial charge in [-0.3, -0.25) is 37.3 Å². The van der Waals surface area contributed by atoms with Crippen LogP contribution in [0.25, 0.3) is 0 Å². The molecule has 89 heavy (non-hydrogen) atoms. The van der Waals surface area contributed by atoms with Crippen molar-refractivity contribution in [2.24, 2.45) is 17.8 Å². The Labute approximate surface area is 543 Å². The molecule has 6 atom stereocenters. The number of hydrogen-bond acceptors (Lipinski definition) is 15. The zero-order valence-corrected chi connectivity index (χ0v) is 59.7. The van der Waals surface area contributed by atoms with E-state index in [1.807, 2.05) is 0 Å². The van der Waals surface area contributed by atoms with Crippen LogP contribution in [0, 0.1) is 17.8 Å². The second-order valence-electron chi connectivity index (χ2n) is 26.5. The van der Waals surface area contributed by atoms with Crippen LogP contribution in [0.2, 0.25) is 0 Å². The fraction of sp³-hybridized carbons (Fsp3) is 0.943. The number of ether oxygens (including phenoxy) is 4. The first-order chi connectivity index (χ1) is 42.8. The van der Waals surface area contributed by atoms with Gasteiger partial charge in [0.05, 0.1) is 26.4 Å². The highest BCUT2D eigenvalue weighted by Crippen LogP contribution is 2.45. The van der Waals surface area contributed by atoms with Gasteiger partial charge < -0.3 is 33.8 Å². The molecule has 0 bridgehead atoms. The second-order valence-corrected chi connectivity index (χ2v) is 29.4. The predicted molar refractivity (Wildman–Crippen MR) is 358 cm³/mol. The smallest absolute Gasteiger partial charge is 0.462 e. The van der Waals surface area contributed by atoms with Crippen molar-refractivity contribution < 1.29 is 80.2 Å². The van der Waals surface area contributed by atoms with E-state index in [2.05, 4.69) is 48.5 Å². The average Bonchev–Trinajstić information content (AvgIpc) is 3.70. The molecule has 0 fully saturated rings. The number of phosphoric ester groups is 2. The van der Waals surface area contributed by atoms with Gasteiger partial charge in [0.25, 0.3) is 0 Å². The van der Waals surface area contributed by atoms with Gasteiger partial charge in [-0.15, -0.1) is 0 Å². The zero-order valence-electron chi connectivity index (χ0n) is 57.9. The number of rotatable bonds is 68. The van der Waals surface area contributed by atoms with Crippen molar-refractivity contribution in [2.75, 3.05) is 39.6 Å². The Morgan fingerprint density at radius 2 is 0.573 bits per heavy atom.